The first-order valence-electron chi connectivity index (χ1n) is 13.9. The number of hydrogen-bond acceptors (Lipinski definition) is 7. The van der Waals surface area contributed by atoms with Crippen molar-refractivity contribution >= 4 is 28.3 Å². The molecule has 2 atom stereocenters. The van der Waals surface area contributed by atoms with Gasteiger partial charge in [-0.3, -0.25) is 9.88 Å². The van der Waals surface area contributed by atoms with Gasteiger partial charge in [-0.2, -0.15) is 13.2 Å². The Morgan fingerprint density at radius 2 is 1.90 bits per heavy atom. The fraction of sp³-hybridized carbons (Fsp3) is 0.483. The number of piperidine rings is 2. The molecule has 0 radical (unpaired) electrons. The smallest absolute Gasteiger partial charge is 0.418 e. The zero-order valence-electron chi connectivity index (χ0n) is 22.0. The van der Waals surface area contributed by atoms with Crippen LogP contribution in [0.25, 0.3) is 22.2 Å². The third-order valence-corrected chi connectivity index (χ3v) is 9.25. The van der Waals surface area contributed by atoms with Crippen molar-refractivity contribution in [3.8, 4) is 28.8 Å². The Morgan fingerprint density at radius 1 is 1.12 bits per heavy atom. The first kappa shape index (κ1) is 26.7. The molecule has 8 rings (SSSR count). The maximum atomic E-state index is 16.3. The molecule has 2 bridgehead atoms. The Labute approximate surface area is 238 Å². The Balaban J connectivity index is 1.42. The van der Waals surface area contributed by atoms with E-state index < -0.39 is 39.6 Å². The van der Waals surface area contributed by atoms with Crippen LogP contribution in [0.3, 0.4) is 0 Å². The summed E-state index contributed by atoms with van der Waals surface area (Å²) in [5.74, 6) is 5.52. The topological polar surface area (TPSA) is 77.4 Å². The van der Waals surface area contributed by atoms with Crippen LogP contribution in [0.1, 0.15) is 49.9 Å². The lowest BCUT2D eigenvalue weighted by atomic mass is 9.92. The van der Waals surface area contributed by atoms with Crippen LogP contribution in [0.15, 0.2) is 18.3 Å². The minimum absolute atomic E-state index is 0.121. The summed E-state index contributed by atoms with van der Waals surface area (Å²) in [6.07, 6.45) is 2.36. The molecule has 214 valence electrons. The third-order valence-electron chi connectivity index (χ3n) is 8.95. The van der Waals surface area contributed by atoms with E-state index in [-0.39, 0.29) is 29.0 Å². The van der Waals surface area contributed by atoms with Crippen LogP contribution < -0.4 is 10.2 Å². The summed E-state index contributed by atoms with van der Waals surface area (Å²) in [6.45, 7) is 3.38. The van der Waals surface area contributed by atoms with Crippen LogP contribution in [0.5, 0.6) is 5.75 Å². The maximum Gasteiger partial charge on any atom is 0.418 e. The summed E-state index contributed by atoms with van der Waals surface area (Å²) in [5.41, 5.74) is -2.96. The van der Waals surface area contributed by atoms with Crippen molar-refractivity contribution in [2.45, 2.75) is 62.3 Å². The molecule has 0 spiro atoms. The number of anilines is 1. The molecule has 1 aromatic carbocycles. The van der Waals surface area contributed by atoms with E-state index in [2.05, 4.69) is 36.9 Å². The average Bonchev–Trinajstić information content (AvgIpc) is 3.52. The summed E-state index contributed by atoms with van der Waals surface area (Å²) < 4.78 is 58.3. The van der Waals surface area contributed by atoms with Gasteiger partial charge in [0.05, 0.1) is 21.5 Å². The van der Waals surface area contributed by atoms with Crippen molar-refractivity contribution in [3.63, 3.8) is 0 Å². The van der Waals surface area contributed by atoms with Crippen LogP contribution in [0, 0.1) is 17.7 Å². The number of aromatic hydroxyl groups is 1. The number of nitrogens with zero attached hydrogens (tertiary/aromatic N) is 5. The zero-order valence-corrected chi connectivity index (χ0v) is 22.8. The fourth-order valence-electron chi connectivity index (χ4n) is 7.02. The standard InChI is InChI=1S/C29H27ClF4N6O/c30-21-12-18(41)11-19(23(21)29(32,33)34)25-24(31)26-20(14-36-25)27(40-15-16-3-4-17(40)13-35-16)38-22(37-26)5-8-28-6-1-9-39(28)10-2-7-28/h11-12,14,16-17,35,41H,1-4,6-7,9-10,13,15H2/t16-,17-/m1/s1. The molecular formula is C29H27ClF4N6O. The molecule has 5 aliphatic heterocycles. The van der Waals surface area contributed by atoms with E-state index in [9.17, 15) is 18.3 Å². The number of nitrogens with one attached hydrogen (secondary N) is 1. The lowest BCUT2D eigenvalue weighted by Gasteiger charge is -2.46. The van der Waals surface area contributed by atoms with Crippen LogP contribution in [0.2, 0.25) is 5.02 Å². The molecule has 2 aromatic heterocycles. The number of alkyl halides is 3. The van der Waals surface area contributed by atoms with Crippen LogP contribution >= 0.6 is 11.6 Å². The number of rotatable bonds is 2. The van der Waals surface area contributed by atoms with Crippen molar-refractivity contribution in [2.24, 2.45) is 0 Å². The Hall–Kier alpha value is -3.20. The summed E-state index contributed by atoms with van der Waals surface area (Å²) in [5, 5.41) is 13.1. The van der Waals surface area contributed by atoms with Gasteiger partial charge in [-0.1, -0.05) is 17.5 Å². The maximum absolute atomic E-state index is 16.3. The number of pyridine rings is 1. The van der Waals surface area contributed by atoms with Gasteiger partial charge in [0.1, 0.15) is 22.8 Å². The van der Waals surface area contributed by atoms with Gasteiger partial charge < -0.3 is 15.3 Å². The molecule has 12 heteroatoms. The number of fused-ring (bicyclic) bond motifs is 5. The molecule has 5 saturated heterocycles. The number of halogens is 5. The average molecular weight is 587 g/mol. The first-order valence-corrected chi connectivity index (χ1v) is 14.3. The molecule has 0 amide bonds. The predicted molar refractivity (Wildman–Crippen MR) is 146 cm³/mol. The second-order valence-corrected chi connectivity index (χ2v) is 11.8. The molecule has 41 heavy (non-hydrogen) atoms. The van der Waals surface area contributed by atoms with Crippen molar-refractivity contribution in [1.29, 1.82) is 0 Å². The van der Waals surface area contributed by atoms with Gasteiger partial charge in [-0.25, -0.2) is 14.4 Å². The van der Waals surface area contributed by atoms with E-state index in [4.69, 9.17) is 16.6 Å². The van der Waals surface area contributed by atoms with Crippen LogP contribution in [-0.2, 0) is 6.18 Å². The van der Waals surface area contributed by atoms with Crippen LogP contribution in [-0.4, -0.2) is 68.8 Å². The van der Waals surface area contributed by atoms with Gasteiger partial charge in [0.25, 0.3) is 0 Å². The molecule has 0 unspecified atom stereocenters. The molecule has 7 heterocycles. The Kier molecular flexibility index (Phi) is 6.30. The Morgan fingerprint density at radius 3 is 2.56 bits per heavy atom. The lowest BCUT2D eigenvalue weighted by Crippen LogP contribution is -2.61. The number of phenolic OH excluding ortho intramolecular Hbond substituents is 1. The highest BCUT2D eigenvalue weighted by Gasteiger charge is 2.43. The minimum atomic E-state index is -4.91. The monoisotopic (exact) mass is 586 g/mol. The number of phenols is 1. The SMILES string of the molecule is Oc1cc(Cl)c(C(F)(F)F)c(-c2ncc3c(N4C[C@H]5CC[C@@H]4CN5)nc(C#CC45CCCN4CCC5)nc3c2F)c1. The highest BCUT2D eigenvalue weighted by molar-refractivity contribution is 6.32. The molecule has 5 aliphatic rings. The van der Waals surface area contributed by atoms with Gasteiger partial charge in [0, 0.05) is 36.9 Å². The summed E-state index contributed by atoms with van der Waals surface area (Å²) in [6, 6.07) is 1.97. The number of hydrogen-bond donors (Lipinski definition) is 2. The van der Waals surface area contributed by atoms with Gasteiger partial charge >= 0.3 is 6.18 Å². The summed E-state index contributed by atoms with van der Waals surface area (Å²) >= 11 is 5.88. The molecule has 0 saturated carbocycles. The van der Waals surface area contributed by atoms with E-state index in [0.717, 1.165) is 70.3 Å². The van der Waals surface area contributed by atoms with Crippen molar-refractivity contribution in [3.05, 3.63) is 40.6 Å². The predicted octanol–water partition coefficient (Wildman–Crippen LogP) is 5.13. The zero-order chi connectivity index (χ0) is 28.5. The molecule has 2 N–H and O–H groups in total. The molecular weight excluding hydrogens is 560 g/mol. The van der Waals surface area contributed by atoms with Crippen molar-refractivity contribution in [2.75, 3.05) is 31.1 Å². The normalized spacial score (nSPS) is 23.6. The quantitative estimate of drug-likeness (QED) is 0.318. The lowest BCUT2D eigenvalue weighted by molar-refractivity contribution is -0.137. The summed E-state index contributed by atoms with van der Waals surface area (Å²) in [7, 11) is 0. The molecule has 5 fully saturated rings. The third kappa shape index (κ3) is 4.47. The molecule has 0 aliphatic carbocycles. The second kappa shape index (κ2) is 9.68. The van der Waals surface area contributed by atoms with Gasteiger partial charge in [-0.05, 0) is 69.7 Å². The molecule has 7 nitrogen and oxygen atoms in total. The highest BCUT2D eigenvalue weighted by atomic mass is 35.5. The number of aromatic nitrogens is 3. The second-order valence-electron chi connectivity index (χ2n) is 11.4. The van der Waals surface area contributed by atoms with E-state index in [1.54, 1.807) is 0 Å². The van der Waals surface area contributed by atoms with Crippen molar-refractivity contribution < 1.29 is 22.7 Å². The highest BCUT2D eigenvalue weighted by Crippen LogP contribution is 2.45. The molecule has 3 aromatic rings. The minimum Gasteiger partial charge on any atom is -0.508 e. The Bertz CT molecular complexity index is 1600. The van der Waals surface area contributed by atoms with Crippen LogP contribution in [0.4, 0.5) is 23.4 Å². The van der Waals surface area contributed by atoms with E-state index >= 15 is 4.39 Å². The van der Waals surface area contributed by atoms with Gasteiger partial charge in [0.15, 0.2) is 5.82 Å². The largest absolute Gasteiger partial charge is 0.508 e. The van der Waals surface area contributed by atoms with Gasteiger partial charge in [-0.15, -0.1) is 0 Å². The first-order chi connectivity index (χ1) is 19.6. The van der Waals surface area contributed by atoms with E-state index in [1.807, 2.05) is 0 Å². The van der Waals surface area contributed by atoms with E-state index in [1.165, 1.54) is 6.20 Å². The fourth-order valence-corrected chi connectivity index (χ4v) is 7.34. The van der Waals surface area contributed by atoms with E-state index in [0.29, 0.717) is 17.7 Å². The van der Waals surface area contributed by atoms with Gasteiger partial charge in [0.2, 0.25) is 5.82 Å². The number of benzene rings is 1. The summed E-state index contributed by atoms with van der Waals surface area (Å²) in [4.78, 5) is 17.9. The number of piperazine rings is 1. The van der Waals surface area contributed by atoms with Crippen molar-refractivity contribution in [1.82, 2.24) is 25.2 Å².